The summed E-state index contributed by atoms with van der Waals surface area (Å²) in [5, 5.41) is 17.5. The van der Waals surface area contributed by atoms with Crippen LogP contribution in [0.5, 0.6) is 0 Å². The van der Waals surface area contributed by atoms with Crippen molar-refractivity contribution in [3.63, 3.8) is 0 Å². The molecule has 0 saturated heterocycles. The van der Waals surface area contributed by atoms with Gasteiger partial charge in [-0.25, -0.2) is 0 Å². The van der Waals surface area contributed by atoms with Gasteiger partial charge in [-0.2, -0.15) is 0 Å². The largest absolute Gasteiger partial charge is 0.480 e. The van der Waals surface area contributed by atoms with E-state index in [0.29, 0.717) is 6.54 Å². The van der Waals surface area contributed by atoms with Crippen LogP contribution < -0.4 is 4.90 Å². The Hall–Kier alpha value is -2.41. The highest BCUT2D eigenvalue weighted by Crippen LogP contribution is 2.27. The molecule has 21 heavy (non-hydrogen) atoms. The summed E-state index contributed by atoms with van der Waals surface area (Å²) >= 11 is 0. The van der Waals surface area contributed by atoms with Crippen LogP contribution in [-0.2, 0) is 20.8 Å². The fourth-order valence-electron chi connectivity index (χ4n) is 2.42. The van der Waals surface area contributed by atoms with Crippen molar-refractivity contribution in [3.8, 4) is 0 Å². The molecule has 1 aliphatic rings. The molecule has 0 radical (unpaired) electrons. The van der Waals surface area contributed by atoms with Gasteiger partial charge in [-0.1, -0.05) is 18.2 Å². The lowest BCUT2D eigenvalue weighted by atomic mass is 10.2. The Morgan fingerprint density at radius 2 is 1.67 bits per heavy atom. The molecule has 0 saturated carbocycles. The Labute approximate surface area is 121 Å². The average Bonchev–Trinajstić information content (AvgIpc) is 2.80. The zero-order chi connectivity index (χ0) is 15.4. The highest BCUT2D eigenvalue weighted by atomic mass is 16.4. The summed E-state index contributed by atoms with van der Waals surface area (Å²) in [7, 11) is 0. The molecule has 1 heterocycles. The van der Waals surface area contributed by atoms with E-state index in [2.05, 4.69) is 0 Å². The normalized spacial score (nSPS) is 13.3. The molecule has 0 unspecified atom stereocenters. The number of anilines is 1. The standard InChI is InChI=1S/C14H16N2O5/c17-12(7-15(8-13(18)19)9-14(20)21)16-6-5-10-3-1-2-4-11(10)16/h1-4H,5-9H2,(H,18,19)(H,20,21). The van der Waals surface area contributed by atoms with E-state index >= 15 is 0 Å². The van der Waals surface area contributed by atoms with E-state index in [1.807, 2.05) is 24.3 Å². The quantitative estimate of drug-likeness (QED) is 0.768. The van der Waals surface area contributed by atoms with E-state index < -0.39 is 25.0 Å². The second-order valence-corrected chi connectivity index (χ2v) is 4.86. The maximum atomic E-state index is 12.3. The van der Waals surface area contributed by atoms with Gasteiger partial charge in [0.15, 0.2) is 0 Å². The molecule has 1 aromatic carbocycles. The van der Waals surface area contributed by atoms with Gasteiger partial charge < -0.3 is 15.1 Å². The minimum Gasteiger partial charge on any atom is -0.480 e. The summed E-state index contributed by atoms with van der Waals surface area (Å²) in [6.07, 6.45) is 0.750. The number of para-hydroxylation sites is 1. The maximum absolute atomic E-state index is 12.3. The number of carbonyl (C=O) groups excluding carboxylic acids is 1. The summed E-state index contributed by atoms with van der Waals surface area (Å²) in [6.45, 7) is -0.653. The smallest absolute Gasteiger partial charge is 0.317 e. The van der Waals surface area contributed by atoms with Gasteiger partial charge in [0.25, 0.3) is 0 Å². The first kappa shape index (κ1) is 15.0. The third-order valence-electron chi connectivity index (χ3n) is 3.26. The molecule has 0 spiro atoms. The summed E-state index contributed by atoms with van der Waals surface area (Å²) in [6, 6.07) is 7.50. The van der Waals surface area contributed by atoms with Crippen LogP contribution in [0.2, 0.25) is 0 Å². The molecule has 1 aliphatic heterocycles. The third-order valence-corrected chi connectivity index (χ3v) is 3.26. The molecule has 0 aliphatic carbocycles. The molecular weight excluding hydrogens is 276 g/mol. The van der Waals surface area contributed by atoms with Gasteiger partial charge in [-0.15, -0.1) is 0 Å². The Morgan fingerprint density at radius 3 is 2.29 bits per heavy atom. The first-order valence-electron chi connectivity index (χ1n) is 6.51. The first-order chi connectivity index (χ1) is 9.97. The van der Waals surface area contributed by atoms with Gasteiger partial charge >= 0.3 is 11.9 Å². The number of hydrogen-bond donors (Lipinski definition) is 2. The predicted octanol–water partition coefficient (Wildman–Crippen LogP) is 0.0469. The molecule has 0 aromatic heterocycles. The van der Waals surface area contributed by atoms with Crippen LogP contribution in [0.3, 0.4) is 0 Å². The van der Waals surface area contributed by atoms with Crippen LogP contribution in [0, 0.1) is 0 Å². The number of hydrogen-bond acceptors (Lipinski definition) is 4. The lowest BCUT2D eigenvalue weighted by molar-refractivity contribution is -0.142. The molecular formula is C14H16N2O5. The number of rotatable bonds is 6. The van der Waals surface area contributed by atoms with Gasteiger partial charge in [0.05, 0.1) is 19.6 Å². The van der Waals surface area contributed by atoms with E-state index in [4.69, 9.17) is 10.2 Å². The summed E-state index contributed by atoms with van der Waals surface area (Å²) in [5.74, 6) is -2.61. The van der Waals surface area contributed by atoms with E-state index in [0.717, 1.165) is 22.6 Å². The number of benzene rings is 1. The zero-order valence-corrected chi connectivity index (χ0v) is 11.4. The summed E-state index contributed by atoms with van der Waals surface area (Å²) in [5.41, 5.74) is 1.88. The average molecular weight is 292 g/mol. The fourth-order valence-corrected chi connectivity index (χ4v) is 2.42. The highest BCUT2D eigenvalue weighted by molar-refractivity contribution is 5.97. The van der Waals surface area contributed by atoms with Crippen LogP contribution in [0.15, 0.2) is 24.3 Å². The molecule has 0 bridgehead atoms. The van der Waals surface area contributed by atoms with Crippen molar-refractivity contribution < 1.29 is 24.6 Å². The molecule has 0 atom stereocenters. The number of carboxylic acid groups (broad SMARTS) is 2. The van der Waals surface area contributed by atoms with Crippen LogP contribution in [0.4, 0.5) is 5.69 Å². The van der Waals surface area contributed by atoms with E-state index in [1.165, 1.54) is 0 Å². The van der Waals surface area contributed by atoms with Gasteiger partial charge in [0.1, 0.15) is 0 Å². The molecule has 2 N–H and O–H groups in total. The Bertz CT molecular complexity index is 556. The van der Waals surface area contributed by atoms with Gasteiger partial charge in [0.2, 0.25) is 5.91 Å². The third kappa shape index (κ3) is 3.79. The second-order valence-electron chi connectivity index (χ2n) is 4.86. The van der Waals surface area contributed by atoms with E-state index in [9.17, 15) is 14.4 Å². The zero-order valence-electron chi connectivity index (χ0n) is 11.4. The van der Waals surface area contributed by atoms with Crippen LogP contribution in [-0.4, -0.2) is 59.1 Å². The molecule has 7 nitrogen and oxygen atoms in total. The topological polar surface area (TPSA) is 98.1 Å². The van der Waals surface area contributed by atoms with Crippen molar-refractivity contribution in [2.45, 2.75) is 6.42 Å². The number of carbonyl (C=O) groups is 3. The first-order valence-corrected chi connectivity index (χ1v) is 6.51. The minimum absolute atomic E-state index is 0.229. The van der Waals surface area contributed by atoms with Crippen LogP contribution in [0.25, 0.3) is 0 Å². The van der Waals surface area contributed by atoms with E-state index in [1.54, 1.807) is 4.90 Å². The fraction of sp³-hybridized carbons (Fsp3) is 0.357. The number of aliphatic carboxylic acids is 2. The number of amides is 1. The highest BCUT2D eigenvalue weighted by Gasteiger charge is 2.26. The lowest BCUT2D eigenvalue weighted by Gasteiger charge is -2.22. The number of fused-ring (bicyclic) bond motifs is 1. The van der Waals surface area contributed by atoms with Gasteiger partial charge in [0, 0.05) is 12.2 Å². The van der Waals surface area contributed by atoms with Crippen LogP contribution in [0.1, 0.15) is 5.56 Å². The van der Waals surface area contributed by atoms with Crippen molar-refractivity contribution in [1.82, 2.24) is 4.90 Å². The lowest BCUT2D eigenvalue weighted by Crippen LogP contribution is -2.43. The number of carboxylic acids is 2. The van der Waals surface area contributed by atoms with Crippen LogP contribution >= 0.6 is 0 Å². The molecule has 1 amide bonds. The Balaban J connectivity index is 2.06. The van der Waals surface area contributed by atoms with Crippen molar-refractivity contribution in [3.05, 3.63) is 29.8 Å². The summed E-state index contributed by atoms with van der Waals surface area (Å²) in [4.78, 5) is 36.4. The van der Waals surface area contributed by atoms with Crippen molar-refractivity contribution in [1.29, 1.82) is 0 Å². The van der Waals surface area contributed by atoms with E-state index in [-0.39, 0.29) is 12.5 Å². The van der Waals surface area contributed by atoms with Gasteiger partial charge in [-0.05, 0) is 18.1 Å². The van der Waals surface area contributed by atoms with Crippen molar-refractivity contribution >= 4 is 23.5 Å². The molecule has 112 valence electrons. The second kappa shape index (κ2) is 6.36. The Kier molecular flexibility index (Phi) is 4.54. The van der Waals surface area contributed by atoms with Crippen molar-refractivity contribution in [2.75, 3.05) is 31.1 Å². The maximum Gasteiger partial charge on any atom is 0.317 e. The van der Waals surface area contributed by atoms with Crippen molar-refractivity contribution in [2.24, 2.45) is 0 Å². The molecule has 7 heteroatoms. The Morgan fingerprint density at radius 1 is 1.05 bits per heavy atom. The molecule has 0 fully saturated rings. The SMILES string of the molecule is O=C(O)CN(CC(=O)O)CC(=O)N1CCc2ccccc21. The molecule has 2 rings (SSSR count). The van der Waals surface area contributed by atoms with Gasteiger partial charge in [-0.3, -0.25) is 19.3 Å². The number of nitrogens with zero attached hydrogens (tertiary/aromatic N) is 2. The monoisotopic (exact) mass is 292 g/mol. The summed E-state index contributed by atoms with van der Waals surface area (Å²) < 4.78 is 0. The predicted molar refractivity (Wildman–Crippen MR) is 74.2 cm³/mol. The molecule has 1 aromatic rings. The minimum atomic E-state index is -1.16.